The van der Waals surface area contributed by atoms with Gasteiger partial charge in [0.2, 0.25) is 5.91 Å². The summed E-state index contributed by atoms with van der Waals surface area (Å²) in [6.07, 6.45) is 3.01. The molecule has 22 heavy (non-hydrogen) atoms. The van der Waals surface area contributed by atoms with E-state index in [-0.39, 0.29) is 12.5 Å². The van der Waals surface area contributed by atoms with Gasteiger partial charge in [-0.2, -0.15) is 11.8 Å². The fourth-order valence-electron chi connectivity index (χ4n) is 2.38. The molecule has 4 heteroatoms. The molecule has 0 aliphatic carbocycles. The number of carbonyl (C=O) groups excluding carboxylic acids is 1. The molecule has 0 unspecified atom stereocenters. The number of carbonyl (C=O) groups is 1. The van der Waals surface area contributed by atoms with Gasteiger partial charge in [0.05, 0.1) is 12.0 Å². The van der Waals surface area contributed by atoms with Gasteiger partial charge >= 0.3 is 0 Å². The number of thioether (sulfide) groups is 1. The molecule has 1 atom stereocenters. The molecule has 2 aromatic rings. The first kappa shape index (κ1) is 16.8. The third kappa shape index (κ3) is 4.75. The van der Waals surface area contributed by atoms with Crippen molar-refractivity contribution in [2.75, 3.05) is 18.6 Å². The summed E-state index contributed by atoms with van der Waals surface area (Å²) in [4.78, 5) is 12.1. The molecule has 0 saturated carbocycles. The smallest absolute Gasteiger partial charge is 0.224 e. The summed E-state index contributed by atoms with van der Waals surface area (Å²) in [5, 5.41) is 15.3. The quantitative estimate of drug-likeness (QED) is 0.825. The number of amides is 1. The van der Waals surface area contributed by atoms with E-state index >= 15 is 0 Å². The van der Waals surface area contributed by atoms with Crippen LogP contribution in [0.4, 0.5) is 0 Å². The number of fused-ring (bicyclic) bond motifs is 1. The van der Waals surface area contributed by atoms with E-state index in [9.17, 15) is 9.90 Å². The van der Waals surface area contributed by atoms with Crippen LogP contribution in [0.25, 0.3) is 10.8 Å². The Kier molecular flexibility index (Phi) is 5.86. The molecule has 3 nitrogen and oxygen atoms in total. The molecule has 0 aliphatic rings. The normalized spacial score (nSPS) is 13.8. The lowest BCUT2D eigenvalue weighted by Crippen LogP contribution is -2.41. The van der Waals surface area contributed by atoms with Crippen LogP contribution in [0.15, 0.2) is 42.5 Å². The van der Waals surface area contributed by atoms with Crippen molar-refractivity contribution in [2.24, 2.45) is 0 Å². The van der Waals surface area contributed by atoms with Gasteiger partial charge in [-0.1, -0.05) is 42.5 Å². The molecular formula is C18H23NO2S. The van der Waals surface area contributed by atoms with Gasteiger partial charge in [-0.25, -0.2) is 0 Å². The Morgan fingerprint density at radius 2 is 1.95 bits per heavy atom. The van der Waals surface area contributed by atoms with Crippen molar-refractivity contribution in [3.05, 3.63) is 48.0 Å². The molecule has 2 N–H and O–H groups in total. The molecular weight excluding hydrogens is 294 g/mol. The Morgan fingerprint density at radius 1 is 1.23 bits per heavy atom. The molecule has 0 bridgehead atoms. The maximum atomic E-state index is 12.1. The first-order valence-electron chi connectivity index (χ1n) is 7.46. The van der Waals surface area contributed by atoms with Gasteiger partial charge in [-0.15, -0.1) is 0 Å². The second-order valence-corrected chi connectivity index (χ2v) is 6.82. The fourth-order valence-corrected chi connectivity index (χ4v) is 3.03. The van der Waals surface area contributed by atoms with Crippen LogP contribution >= 0.6 is 11.8 Å². The van der Waals surface area contributed by atoms with Gasteiger partial charge in [-0.05, 0) is 41.7 Å². The molecule has 0 fully saturated rings. The minimum absolute atomic E-state index is 0.0548. The summed E-state index contributed by atoms with van der Waals surface area (Å²) >= 11 is 1.69. The highest BCUT2D eigenvalue weighted by Gasteiger charge is 2.20. The number of nitrogens with one attached hydrogen (secondary N) is 1. The monoisotopic (exact) mass is 317 g/mol. The summed E-state index contributed by atoms with van der Waals surface area (Å²) in [7, 11) is 0. The van der Waals surface area contributed by atoms with E-state index in [1.54, 1.807) is 18.7 Å². The molecule has 118 valence electrons. The highest BCUT2D eigenvalue weighted by Crippen LogP contribution is 2.19. The second-order valence-electron chi connectivity index (χ2n) is 5.83. The van der Waals surface area contributed by atoms with E-state index in [2.05, 4.69) is 5.32 Å². The zero-order valence-electron chi connectivity index (χ0n) is 13.1. The number of benzene rings is 2. The largest absolute Gasteiger partial charge is 0.388 e. The number of hydrogen-bond donors (Lipinski definition) is 2. The topological polar surface area (TPSA) is 49.3 Å². The maximum Gasteiger partial charge on any atom is 0.224 e. The number of aliphatic hydroxyl groups is 1. The van der Waals surface area contributed by atoms with Gasteiger partial charge in [0.15, 0.2) is 0 Å². The summed E-state index contributed by atoms with van der Waals surface area (Å²) in [6.45, 7) is 2.05. The first-order chi connectivity index (χ1) is 10.5. The molecule has 0 heterocycles. The minimum Gasteiger partial charge on any atom is -0.388 e. The highest BCUT2D eigenvalue weighted by atomic mass is 32.2. The molecule has 1 amide bonds. The van der Waals surface area contributed by atoms with Crippen LogP contribution in [0.3, 0.4) is 0 Å². The zero-order chi connectivity index (χ0) is 16.0. The molecule has 0 aliphatic heterocycles. The van der Waals surface area contributed by atoms with Gasteiger partial charge < -0.3 is 10.4 Å². The van der Waals surface area contributed by atoms with Crippen LogP contribution in [-0.2, 0) is 11.2 Å². The minimum atomic E-state index is -0.850. The van der Waals surface area contributed by atoms with E-state index in [0.29, 0.717) is 12.8 Å². The Balaban J connectivity index is 1.97. The fraction of sp³-hybridized carbons (Fsp3) is 0.389. The van der Waals surface area contributed by atoms with Crippen molar-refractivity contribution in [2.45, 2.75) is 25.4 Å². The lowest BCUT2D eigenvalue weighted by atomic mass is 10.0. The predicted octanol–water partition coefficient (Wildman–Crippen LogP) is 3.00. The Morgan fingerprint density at radius 3 is 2.73 bits per heavy atom. The van der Waals surface area contributed by atoms with Crippen LogP contribution in [0, 0.1) is 0 Å². The molecule has 0 radical (unpaired) electrons. The van der Waals surface area contributed by atoms with Gasteiger partial charge in [0, 0.05) is 6.54 Å². The summed E-state index contributed by atoms with van der Waals surface area (Å²) in [5.74, 6) is 0.826. The zero-order valence-corrected chi connectivity index (χ0v) is 14.0. The second kappa shape index (κ2) is 7.65. The predicted molar refractivity (Wildman–Crippen MR) is 94.3 cm³/mol. The third-order valence-electron chi connectivity index (χ3n) is 3.74. The Labute approximate surface area is 136 Å². The van der Waals surface area contributed by atoms with E-state index in [0.717, 1.165) is 22.1 Å². The molecule has 2 aromatic carbocycles. The first-order valence-corrected chi connectivity index (χ1v) is 8.86. The lowest BCUT2D eigenvalue weighted by molar-refractivity contribution is -0.121. The van der Waals surface area contributed by atoms with Crippen LogP contribution in [0.5, 0.6) is 0 Å². The van der Waals surface area contributed by atoms with Gasteiger partial charge in [-0.3, -0.25) is 4.79 Å². The summed E-state index contributed by atoms with van der Waals surface area (Å²) in [6, 6.07) is 14.1. The van der Waals surface area contributed by atoms with Crippen LogP contribution < -0.4 is 5.32 Å². The summed E-state index contributed by atoms with van der Waals surface area (Å²) in [5.41, 5.74) is 0.164. The van der Waals surface area contributed by atoms with Crippen molar-refractivity contribution < 1.29 is 9.90 Å². The Hall–Kier alpha value is -1.52. The van der Waals surface area contributed by atoms with E-state index < -0.39 is 5.60 Å². The van der Waals surface area contributed by atoms with Crippen LogP contribution in [0.2, 0.25) is 0 Å². The number of hydrogen-bond acceptors (Lipinski definition) is 3. The van der Waals surface area contributed by atoms with Crippen molar-refractivity contribution >= 4 is 28.4 Å². The molecule has 0 saturated heterocycles. The van der Waals surface area contributed by atoms with E-state index in [1.807, 2.05) is 48.7 Å². The maximum absolute atomic E-state index is 12.1. The average Bonchev–Trinajstić information content (AvgIpc) is 2.52. The standard InChI is InChI=1S/C18H23NO2S/c1-18(21,10-11-22-2)13-19-17(20)12-15-8-5-7-14-6-3-4-9-16(14)15/h3-9,21H,10-13H2,1-2H3,(H,19,20)/t18-/m1/s1. The molecule has 2 rings (SSSR count). The van der Waals surface area contributed by atoms with Crippen molar-refractivity contribution in [3.8, 4) is 0 Å². The molecule has 0 spiro atoms. The van der Waals surface area contributed by atoms with E-state index in [1.165, 1.54) is 0 Å². The highest BCUT2D eigenvalue weighted by molar-refractivity contribution is 7.98. The third-order valence-corrected chi connectivity index (χ3v) is 4.35. The summed E-state index contributed by atoms with van der Waals surface area (Å²) < 4.78 is 0. The average molecular weight is 317 g/mol. The number of rotatable bonds is 7. The Bertz CT molecular complexity index is 635. The van der Waals surface area contributed by atoms with Gasteiger partial charge in [0.25, 0.3) is 0 Å². The molecule has 0 aromatic heterocycles. The van der Waals surface area contributed by atoms with Crippen molar-refractivity contribution in [1.29, 1.82) is 0 Å². The lowest BCUT2D eigenvalue weighted by Gasteiger charge is -2.23. The van der Waals surface area contributed by atoms with E-state index in [4.69, 9.17) is 0 Å². The van der Waals surface area contributed by atoms with Gasteiger partial charge in [0.1, 0.15) is 0 Å². The van der Waals surface area contributed by atoms with Crippen molar-refractivity contribution in [1.82, 2.24) is 5.32 Å². The van der Waals surface area contributed by atoms with Crippen LogP contribution in [-0.4, -0.2) is 35.2 Å². The van der Waals surface area contributed by atoms with Crippen molar-refractivity contribution in [3.63, 3.8) is 0 Å². The SMILES string of the molecule is CSCC[C@@](C)(O)CNC(=O)Cc1cccc2ccccc12. The van der Waals surface area contributed by atoms with Crippen LogP contribution in [0.1, 0.15) is 18.9 Å².